The summed E-state index contributed by atoms with van der Waals surface area (Å²) in [6.07, 6.45) is 5.73. The van der Waals surface area contributed by atoms with Gasteiger partial charge >= 0.3 is 0 Å². The zero-order valence-electron chi connectivity index (χ0n) is 24.3. The minimum Gasteiger partial charge on any atom is -0.334 e. The van der Waals surface area contributed by atoms with Crippen LogP contribution in [0.25, 0.3) is 86.7 Å². The van der Waals surface area contributed by atoms with Crippen molar-refractivity contribution in [1.82, 2.24) is 23.7 Å². The molecule has 5 nitrogen and oxygen atoms in total. The highest BCUT2D eigenvalue weighted by Gasteiger charge is 2.20. The Hall–Kier alpha value is -5.72. The lowest BCUT2D eigenvalue weighted by Gasteiger charge is -2.11. The molecule has 10 rings (SSSR count). The zero-order valence-corrected chi connectivity index (χ0v) is 25.2. The average molecular weight is 596 g/mol. The van der Waals surface area contributed by atoms with Crippen LogP contribution in [0.4, 0.5) is 0 Å². The first-order valence-electron chi connectivity index (χ1n) is 15.1. The molecule has 5 aromatic heterocycles. The van der Waals surface area contributed by atoms with Crippen molar-refractivity contribution in [2.45, 2.75) is 0 Å². The molecule has 0 aliphatic rings. The monoisotopic (exact) mass is 595 g/mol. The molecule has 5 heterocycles. The van der Waals surface area contributed by atoms with E-state index < -0.39 is 0 Å². The number of imidazole rings is 1. The van der Waals surface area contributed by atoms with Gasteiger partial charge in [-0.25, -0.2) is 9.97 Å². The molecule has 0 aliphatic heterocycles. The van der Waals surface area contributed by atoms with E-state index in [9.17, 15) is 0 Å². The molecule has 0 atom stereocenters. The second-order valence-corrected chi connectivity index (χ2v) is 12.7. The zero-order chi connectivity index (χ0) is 29.6. The molecule has 0 saturated carbocycles. The minimum atomic E-state index is 0.914. The van der Waals surface area contributed by atoms with E-state index in [-0.39, 0.29) is 0 Å². The second kappa shape index (κ2) is 9.14. The van der Waals surface area contributed by atoms with Gasteiger partial charge in [-0.2, -0.15) is 0 Å². The van der Waals surface area contributed by atoms with Crippen molar-refractivity contribution in [3.63, 3.8) is 0 Å². The number of rotatable bonds is 3. The number of aryl methyl sites for hydroxylation is 1. The van der Waals surface area contributed by atoms with Crippen LogP contribution < -0.4 is 0 Å². The second-order valence-electron chi connectivity index (χ2n) is 11.6. The molecule has 45 heavy (non-hydrogen) atoms. The van der Waals surface area contributed by atoms with Crippen LogP contribution in [-0.4, -0.2) is 23.7 Å². The molecule has 0 bridgehead atoms. The lowest BCUT2D eigenvalue weighted by molar-refractivity contribution is 0.925. The number of thiophene rings is 1. The highest BCUT2D eigenvalue weighted by Crippen LogP contribution is 2.43. The van der Waals surface area contributed by atoms with Gasteiger partial charge in [0.05, 0.1) is 22.1 Å². The van der Waals surface area contributed by atoms with Gasteiger partial charge in [0.25, 0.3) is 0 Å². The van der Waals surface area contributed by atoms with E-state index in [0.717, 1.165) is 33.9 Å². The standard InChI is InChI=1S/C39H25N5S/c1-42-21-20-41-39(42)24-13-15-27-26-8-2-4-10-31(26)43(32(27)22-24)25-14-16-28-29-17-18-35-37(30-9-3-5-11-34(30)45-35)38(29)44(33(28)23-25)36-12-6-7-19-40-36/h2-23H,1H3. The first-order chi connectivity index (χ1) is 22.2. The predicted octanol–water partition coefficient (Wildman–Crippen LogP) is 10.0. The van der Waals surface area contributed by atoms with Crippen molar-refractivity contribution in [1.29, 1.82) is 0 Å². The molecule has 0 saturated heterocycles. The van der Waals surface area contributed by atoms with Crippen molar-refractivity contribution in [3.8, 4) is 22.9 Å². The van der Waals surface area contributed by atoms with Gasteiger partial charge in [-0.3, -0.25) is 4.57 Å². The number of hydrogen-bond acceptors (Lipinski definition) is 3. The first kappa shape index (κ1) is 24.7. The normalized spacial score (nSPS) is 12.1. The molecule has 0 N–H and O–H groups in total. The van der Waals surface area contributed by atoms with Gasteiger partial charge < -0.3 is 9.13 Å². The molecular weight excluding hydrogens is 571 g/mol. The smallest absolute Gasteiger partial charge is 0.139 e. The number of hydrogen-bond donors (Lipinski definition) is 0. The van der Waals surface area contributed by atoms with E-state index in [2.05, 4.69) is 128 Å². The van der Waals surface area contributed by atoms with Crippen LogP contribution in [0.15, 0.2) is 134 Å². The molecule has 6 heteroatoms. The van der Waals surface area contributed by atoms with Crippen LogP contribution in [0.2, 0.25) is 0 Å². The molecule has 0 unspecified atom stereocenters. The molecule has 5 aromatic carbocycles. The Balaban J connectivity index is 1.34. The quantitative estimate of drug-likeness (QED) is 0.204. The van der Waals surface area contributed by atoms with Gasteiger partial charge in [-0.15, -0.1) is 11.3 Å². The summed E-state index contributed by atoms with van der Waals surface area (Å²) in [5, 5.41) is 7.47. The lowest BCUT2D eigenvalue weighted by Crippen LogP contribution is -1.99. The fraction of sp³-hybridized carbons (Fsp3) is 0.0256. The van der Waals surface area contributed by atoms with Crippen LogP contribution >= 0.6 is 11.3 Å². The Morgan fingerprint density at radius 2 is 1.31 bits per heavy atom. The Morgan fingerprint density at radius 3 is 2.18 bits per heavy atom. The van der Waals surface area contributed by atoms with Crippen molar-refractivity contribution in [3.05, 3.63) is 134 Å². The van der Waals surface area contributed by atoms with Crippen LogP contribution in [0, 0.1) is 0 Å². The molecule has 0 aliphatic carbocycles. The van der Waals surface area contributed by atoms with Gasteiger partial charge in [-0.05, 0) is 48.5 Å². The third kappa shape index (κ3) is 3.43. The fourth-order valence-electron chi connectivity index (χ4n) is 7.20. The summed E-state index contributed by atoms with van der Waals surface area (Å²) >= 11 is 1.85. The van der Waals surface area contributed by atoms with Crippen molar-refractivity contribution < 1.29 is 0 Å². The van der Waals surface area contributed by atoms with Crippen molar-refractivity contribution >= 4 is 75.1 Å². The van der Waals surface area contributed by atoms with Gasteiger partial charge in [0, 0.05) is 78.6 Å². The third-order valence-corrected chi connectivity index (χ3v) is 10.3. The van der Waals surface area contributed by atoms with Crippen LogP contribution in [0.3, 0.4) is 0 Å². The molecule has 10 aromatic rings. The van der Waals surface area contributed by atoms with Crippen LogP contribution in [0.1, 0.15) is 0 Å². The Labute approximate surface area is 261 Å². The first-order valence-corrected chi connectivity index (χ1v) is 15.9. The van der Waals surface area contributed by atoms with Gasteiger partial charge in [-0.1, -0.05) is 66.7 Å². The summed E-state index contributed by atoms with van der Waals surface area (Å²) in [4.78, 5) is 9.53. The SMILES string of the molecule is Cn1ccnc1-c1ccc2c3ccccc3n(-c3ccc4c5ccc6sc7ccccc7c6c5n(-c5ccccn5)c4c3)c2c1. The Morgan fingerprint density at radius 1 is 0.556 bits per heavy atom. The number of pyridine rings is 1. The predicted molar refractivity (Wildman–Crippen MR) is 188 cm³/mol. The van der Waals surface area contributed by atoms with E-state index in [1.807, 2.05) is 43.0 Å². The summed E-state index contributed by atoms with van der Waals surface area (Å²) < 4.78 is 9.41. The van der Waals surface area contributed by atoms with Gasteiger partial charge in [0.1, 0.15) is 11.6 Å². The number of aromatic nitrogens is 5. The molecule has 212 valence electrons. The number of fused-ring (bicyclic) bond motifs is 10. The van der Waals surface area contributed by atoms with E-state index in [1.165, 1.54) is 52.8 Å². The highest BCUT2D eigenvalue weighted by molar-refractivity contribution is 7.26. The summed E-state index contributed by atoms with van der Waals surface area (Å²) in [7, 11) is 2.04. The Bertz CT molecular complexity index is 2780. The molecule has 0 fully saturated rings. The number of nitrogens with zero attached hydrogens (tertiary/aromatic N) is 5. The summed E-state index contributed by atoms with van der Waals surface area (Å²) in [5.41, 5.74) is 6.87. The lowest BCUT2D eigenvalue weighted by atomic mass is 10.1. The topological polar surface area (TPSA) is 40.6 Å². The number of para-hydroxylation sites is 1. The maximum absolute atomic E-state index is 4.88. The maximum Gasteiger partial charge on any atom is 0.139 e. The third-order valence-electron chi connectivity index (χ3n) is 9.14. The van der Waals surface area contributed by atoms with Crippen molar-refractivity contribution in [2.24, 2.45) is 7.05 Å². The minimum absolute atomic E-state index is 0.914. The fourth-order valence-corrected chi connectivity index (χ4v) is 8.30. The van der Waals surface area contributed by atoms with Gasteiger partial charge in [0.15, 0.2) is 0 Å². The van der Waals surface area contributed by atoms with E-state index >= 15 is 0 Å². The summed E-state index contributed by atoms with van der Waals surface area (Å²) in [6.45, 7) is 0. The molecular formula is C39H25N5S. The largest absolute Gasteiger partial charge is 0.334 e. The van der Waals surface area contributed by atoms with Crippen molar-refractivity contribution in [2.75, 3.05) is 0 Å². The molecule has 0 radical (unpaired) electrons. The highest BCUT2D eigenvalue weighted by atomic mass is 32.1. The molecule has 0 amide bonds. The van der Waals surface area contributed by atoms with Crippen LogP contribution in [0.5, 0.6) is 0 Å². The molecule has 0 spiro atoms. The Kier molecular flexibility index (Phi) is 5.02. The average Bonchev–Trinajstić information content (AvgIpc) is 3.84. The maximum atomic E-state index is 4.88. The van der Waals surface area contributed by atoms with Crippen LogP contribution in [-0.2, 0) is 7.05 Å². The number of benzene rings is 5. The summed E-state index contributed by atoms with van der Waals surface area (Å²) in [6, 6.07) is 41.7. The van der Waals surface area contributed by atoms with Gasteiger partial charge in [0.2, 0.25) is 0 Å². The van der Waals surface area contributed by atoms with E-state index in [0.29, 0.717) is 0 Å². The summed E-state index contributed by atoms with van der Waals surface area (Å²) in [5.74, 6) is 1.86. The van der Waals surface area contributed by atoms with E-state index in [1.54, 1.807) is 0 Å². The van der Waals surface area contributed by atoms with E-state index in [4.69, 9.17) is 4.98 Å².